The number of carboxylic acids is 1. The number of hydrogen-bond acceptors (Lipinski definition) is 4. The van der Waals surface area contributed by atoms with Crippen LogP contribution in [0.1, 0.15) is 36.0 Å². The van der Waals surface area contributed by atoms with Crippen LogP contribution < -0.4 is 10.5 Å². The molecule has 2 aliphatic carbocycles. The molecule has 0 unspecified atom stereocenters. The van der Waals surface area contributed by atoms with Crippen molar-refractivity contribution < 1.29 is 18.3 Å². The van der Waals surface area contributed by atoms with E-state index in [0.29, 0.717) is 6.04 Å². The van der Waals surface area contributed by atoms with Gasteiger partial charge in [-0.25, -0.2) is 17.9 Å². The molecule has 0 aromatic heterocycles. The summed E-state index contributed by atoms with van der Waals surface area (Å²) in [6.45, 7) is 0. The van der Waals surface area contributed by atoms with Gasteiger partial charge in [0.1, 0.15) is 0 Å². The van der Waals surface area contributed by atoms with Gasteiger partial charge in [0, 0.05) is 12.1 Å². The van der Waals surface area contributed by atoms with E-state index in [-0.39, 0.29) is 16.5 Å². The highest BCUT2D eigenvalue weighted by Gasteiger charge is 2.28. The highest BCUT2D eigenvalue weighted by Crippen LogP contribution is 2.22. The summed E-state index contributed by atoms with van der Waals surface area (Å²) >= 11 is 0. The van der Waals surface area contributed by atoms with Gasteiger partial charge in [-0.2, -0.15) is 0 Å². The molecule has 7 heteroatoms. The van der Waals surface area contributed by atoms with E-state index in [1.807, 2.05) is 0 Å². The van der Waals surface area contributed by atoms with Gasteiger partial charge in [-0.15, -0.1) is 0 Å². The topological polar surface area (TPSA) is 109 Å². The lowest BCUT2D eigenvalue weighted by Gasteiger charge is -2.05. The molecule has 110 valence electrons. The molecule has 20 heavy (non-hydrogen) atoms. The molecule has 2 saturated carbocycles. The first-order valence-corrected chi connectivity index (χ1v) is 7.98. The molecule has 1 aromatic rings. The quantitative estimate of drug-likeness (QED) is 0.766. The summed E-state index contributed by atoms with van der Waals surface area (Å²) in [6.07, 6.45) is 4.22. The largest absolute Gasteiger partial charge is 0.478 e. The summed E-state index contributed by atoms with van der Waals surface area (Å²) in [5.41, 5.74) is 5.19. The van der Waals surface area contributed by atoms with Crippen molar-refractivity contribution in [2.24, 2.45) is 5.73 Å². The Morgan fingerprint density at radius 2 is 1.85 bits per heavy atom. The number of nitrogens with two attached hydrogens (primary N) is 1. The molecule has 0 atom stereocenters. The van der Waals surface area contributed by atoms with E-state index in [4.69, 9.17) is 10.8 Å². The van der Waals surface area contributed by atoms with Gasteiger partial charge in [0.2, 0.25) is 10.0 Å². The fourth-order valence-electron chi connectivity index (χ4n) is 1.38. The summed E-state index contributed by atoms with van der Waals surface area (Å²) in [6, 6.07) is 5.92. The van der Waals surface area contributed by atoms with Gasteiger partial charge in [0.25, 0.3) is 0 Å². The lowest BCUT2D eigenvalue weighted by molar-refractivity contribution is 0.0696. The second-order valence-electron chi connectivity index (χ2n) is 5.07. The number of carboxylic acid groups (broad SMARTS) is 1. The molecule has 0 amide bonds. The van der Waals surface area contributed by atoms with Crippen molar-refractivity contribution in [2.45, 2.75) is 42.7 Å². The normalized spacial score (nSPS) is 18.1. The Labute approximate surface area is 118 Å². The van der Waals surface area contributed by atoms with Crippen LogP contribution in [0.5, 0.6) is 0 Å². The summed E-state index contributed by atoms with van der Waals surface area (Å²) in [5.74, 6) is -1.14. The number of aromatic carboxylic acids is 1. The number of benzene rings is 1. The molecule has 0 radical (unpaired) electrons. The molecule has 2 fully saturated rings. The molecule has 0 heterocycles. The molecular formula is C13H18N2O4S. The molecule has 0 saturated heterocycles. The Balaban J connectivity index is 0.000000315. The van der Waals surface area contributed by atoms with Crippen LogP contribution in [0.4, 0.5) is 0 Å². The molecule has 4 N–H and O–H groups in total. The molecule has 0 bridgehead atoms. The molecule has 6 nitrogen and oxygen atoms in total. The van der Waals surface area contributed by atoms with Crippen molar-refractivity contribution in [3.05, 3.63) is 29.8 Å². The van der Waals surface area contributed by atoms with Crippen LogP contribution >= 0.6 is 0 Å². The minimum Gasteiger partial charge on any atom is -0.478 e. The van der Waals surface area contributed by atoms with Gasteiger partial charge in [0.05, 0.1) is 10.5 Å². The number of sulfonamides is 1. The smallest absolute Gasteiger partial charge is 0.335 e. The second-order valence-corrected chi connectivity index (χ2v) is 6.78. The predicted molar refractivity (Wildman–Crippen MR) is 74.0 cm³/mol. The second kappa shape index (κ2) is 5.90. The number of hydrogen-bond donors (Lipinski definition) is 3. The zero-order chi connectivity index (χ0) is 14.8. The van der Waals surface area contributed by atoms with Gasteiger partial charge >= 0.3 is 5.97 Å². The predicted octanol–water partition coefficient (Wildman–Crippen LogP) is 0.933. The zero-order valence-corrected chi connectivity index (χ0v) is 11.8. The number of carbonyl (C=O) groups is 1. The molecule has 3 rings (SSSR count). The van der Waals surface area contributed by atoms with Crippen LogP contribution in [-0.4, -0.2) is 31.6 Å². The zero-order valence-electron chi connectivity index (χ0n) is 11.0. The molecule has 0 aliphatic heterocycles. The van der Waals surface area contributed by atoms with Gasteiger partial charge in [0.15, 0.2) is 0 Å². The third-order valence-electron chi connectivity index (χ3n) is 2.91. The standard InChI is InChI=1S/C10H11NO4S.C3H7N/c12-10(13)7-2-1-3-9(6-7)16(14,15)11-8-4-5-8;4-3-1-2-3/h1-3,6,8,11H,4-5H2,(H,12,13);3H,1-2,4H2. The van der Waals surface area contributed by atoms with Crippen LogP contribution in [-0.2, 0) is 10.0 Å². The van der Waals surface area contributed by atoms with Gasteiger partial charge < -0.3 is 10.8 Å². The van der Waals surface area contributed by atoms with E-state index in [1.54, 1.807) is 0 Å². The minimum absolute atomic E-state index is 0.000648. The van der Waals surface area contributed by atoms with Crippen molar-refractivity contribution in [3.63, 3.8) is 0 Å². The van der Waals surface area contributed by atoms with Crippen molar-refractivity contribution in [1.29, 1.82) is 0 Å². The van der Waals surface area contributed by atoms with Crippen molar-refractivity contribution in [3.8, 4) is 0 Å². The van der Waals surface area contributed by atoms with E-state index in [0.717, 1.165) is 18.9 Å². The van der Waals surface area contributed by atoms with Crippen LogP contribution in [0.2, 0.25) is 0 Å². The average molecular weight is 298 g/mol. The average Bonchev–Trinajstić information content (AvgIpc) is 3.29. The van der Waals surface area contributed by atoms with Crippen LogP contribution in [0.3, 0.4) is 0 Å². The van der Waals surface area contributed by atoms with E-state index in [9.17, 15) is 13.2 Å². The lowest BCUT2D eigenvalue weighted by Crippen LogP contribution is -2.25. The van der Waals surface area contributed by atoms with Crippen molar-refractivity contribution in [1.82, 2.24) is 4.72 Å². The van der Waals surface area contributed by atoms with Crippen molar-refractivity contribution in [2.75, 3.05) is 0 Å². The van der Waals surface area contributed by atoms with Crippen molar-refractivity contribution >= 4 is 16.0 Å². The third-order valence-corrected chi connectivity index (χ3v) is 4.43. The third kappa shape index (κ3) is 4.59. The summed E-state index contributed by atoms with van der Waals surface area (Å²) in [5, 5.41) is 8.75. The fourth-order valence-corrected chi connectivity index (χ4v) is 2.73. The first kappa shape index (κ1) is 15.0. The van der Waals surface area contributed by atoms with E-state index >= 15 is 0 Å². The lowest BCUT2D eigenvalue weighted by atomic mass is 10.2. The van der Waals surface area contributed by atoms with Crippen LogP contribution in [0.15, 0.2) is 29.2 Å². The van der Waals surface area contributed by atoms with Gasteiger partial charge in [-0.1, -0.05) is 6.07 Å². The minimum atomic E-state index is -3.57. The van der Waals surface area contributed by atoms with E-state index in [2.05, 4.69) is 4.72 Å². The SMILES string of the molecule is NC1CC1.O=C(O)c1cccc(S(=O)(=O)NC2CC2)c1. The summed E-state index contributed by atoms with van der Waals surface area (Å²) in [4.78, 5) is 10.7. The highest BCUT2D eigenvalue weighted by molar-refractivity contribution is 7.89. The first-order valence-electron chi connectivity index (χ1n) is 6.50. The maximum Gasteiger partial charge on any atom is 0.335 e. The molecular weight excluding hydrogens is 280 g/mol. The molecule has 1 aromatic carbocycles. The Bertz CT molecular complexity index is 592. The maximum atomic E-state index is 11.8. The van der Waals surface area contributed by atoms with Gasteiger partial charge in [-0.3, -0.25) is 0 Å². The Morgan fingerprint density at radius 3 is 2.30 bits per heavy atom. The molecule has 0 spiro atoms. The monoisotopic (exact) mass is 298 g/mol. The summed E-state index contributed by atoms with van der Waals surface area (Å²) in [7, 11) is -3.57. The summed E-state index contributed by atoms with van der Waals surface area (Å²) < 4.78 is 26.0. The Hall–Kier alpha value is -1.44. The molecule has 2 aliphatic rings. The first-order chi connectivity index (χ1) is 9.38. The highest BCUT2D eigenvalue weighted by atomic mass is 32.2. The van der Waals surface area contributed by atoms with Crippen LogP contribution in [0.25, 0.3) is 0 Å². The van der Waals surface area contributed by atoms with Crippen LogP contribution in [0, 0.1) is 0 Å². The number of rotatable bonds is 4. The number of nitrogens with one attached hydrogen (secondary N) is 1. The Kier molecular flexibility index (Phi) is 4.42. The fraction of sp³-hybridized carbons (Fsp3) is 0.462. The van der Waals surface area contributed by atoms with Gasteiger partial charge in [-0.05, 0) is 43.9 Å². The maximum absolute atomic E-state index is 11.8. The van der Waals surface area contributed by atoms with E-state index in [1.165, 1.54) is 31.0 Å². The Morgan fingerprint density at radius 1 is 1.25 bits per heavy atom. The van der Waals surface area contributed by atoms with E-state index < -0.39 is 16.0 Å².